The summed E-state index contributed by atoms with van der Waals surface area (Å²) < 4.78 is 0. The molecule has 0 radical (unpaired) electrons. The molecule has 0 N–H and O–H groups in total. The van der Waals surface area contributed by atoms with Gasteiger partial charge in [0.15, 0.2) is 0 Å². The molecule has 9 aromatic rings. The highest BCUT2D eigenvalue weighted by Crippen LogP contribution is 2.41. The Morgan fingerprint density at radius 2 is 0.706 bits per heavy atom. The van der Waals surface area contributed by atoms with E-state index >= 15 is 0 Å². The molecule has 240 valence electrons. The average molecular weight is 650 g/mol. The summed E-state index contributed by atoms with van der Waals surface area (Å²) in [7, 11) is 0. The van der Waals surface area contributed by atoms with Crippen molar-refractivity contribution in [2.75, 3.05) is 4.90 Å². The number of anilines is 3. The van der Waals surface area contributed by atoms with Gasteiger partial charge in [0.2, 0.25) is 0 Å². The second kappa shape index (κ2) is 13.3. The molecule has 0 spiro atoms. The SMILES string of the molecule is c1ccc(-c2ccc3ccccc3c2-c2ccc(N(c3ccccc3)c3ccc(-c4ccc(-c5ccc6ccccc6c5)cc4)cc3)cc2)cc1. The third kappa shape index (κ3) is 5.96. The van der Waals surface area contributed by atoms with Crippen molar-refractivity contribution in [2.24, 2.45) is 0 Å². The second-order valence-corrected chi connectivity index (χ2v) is 13.0. The zero-order chi connectivity index (χ0) is 34.0. The zero-order valence-corrected chi connectivity index (χ0v) is 28.2. The van der Waals surface area contributed by atoms with Gasteiger partial charge in [-0.2, -0.15) is 0 Å². The van der Waals surface area contributed by atoms with Gasteiger partial charge in [-0.3, -0.25) is 0 Å². The van der Waals surface area contributed by atoms with Gasteiger partial charge in [0, 0.05) is 17.1 Å². The first kappa shape index (κ1) is 30.4. The van der Waals surface area contributed by atoms with Crippen LogP contribution in [0.2, 0.25) is 0 Å². The van der Waals surface area contributed by atoms with Gasteiger partial charge in [-0.25, -0.2) is 0 Å². The molecule has 51 heavy (non-hydrogen) atoms. The summed E-state index contributed by atoms with van der Waals surface area (Å²) in [6, 6.07) is 76.5. The van der Waals surface area contributed by atoms with Crippen LogP contribution >= 0.6 is 0 Å². The lowest BCUT2D eigenvalue weighted by molar-refractivity contribution is 1.28. The number of para-hydroxylation sites is 1. The summed E-state index contributed by atoms with van der Waals surface area (Å²) in [4.78, 5) is 2.33. The second-order valence-electron chi connectivity index (χ2n) is 13.0. The predicted octanol–water partition coefficient (Wildman–Crippen LogP) is 14.1. The van der Waals surface area contributed by atoms with E-state index < -0.39 is 0 Å². The highest BCUT2D eigenvalue weighted by atomic mass is 15.1. The largest absolute Gasteiger partial charge is 0.311 e. The Morgan fingerprint density at radius 1 is 0.255 bits per heavy atom. The fourth-order valence-electron chi connectivity index (χ4n) is 7.27. The quantitative estimate of drug-likeness (QED) is 0.166. The molecule has 0 heterocycles. The van der Waals surface area contributed by atoms with Crippen LogP contribution in [-0.4, -0.2) is 0 Å². The van der Waals surface area contributed by atoms with Crippen LogP contribution < -0.4 is 4.90 Å². The fraction of sp³-hybridized carbons (Fsp3) is 0. The summed E-state index contributed by atoms with van der Waals surface area (Å²) in [5.41, 5.74) is 13.1. The monoisotopic (exact) mass is 649 g/mol. The Hall–Kier alpha value is -6.70. The summed E-state index contributed by atoms with van der Waals surface area (Å²) in [5.74, 6) is 0. The van der Waals surface area contributed by atoms with E-state index in [0.717, 1.165) is 17.1 Å². The van der Waals surface area contributed by atoms with Crippen LogP contribution in [0.25, 0.3) is 66.1 Å². The fourth-order valence-corrected chi connectivity index (χ4v) is 7.27. The minimum absolute atomic E-state index is 1.11. The molecule has 1 heteroatoms. The average Bonchev–Trinajstić information content (AvgIpc) is 3.22. The van der Waals surface area contributed by atoms with Crippen LogP contribution in [0.15, 0.2) is 212 Å². The van der Waals surface area contributed by atoms with Crippen molar-refractivity contribution in [3.05, 3.63) is 212 Å². The predicted molar refractivity (Wildman–Crippen MR) is 218 cm³/mol. The van der Waals surface area contributed by atoms with Crippen molar-refractivity contribution in [3.8, 4) is 44.5 Å². The third-order valence-electron chi connectivity index (χ3n) is 9.87. The van der Waals surface area contributed by atoms with Crippen LogP contribution in [0.5, 0.6) is 0 Å². The molecule has 0 saturated carbocycles. The molecule has 0 aliphatic heterocycles. The minimum atomic E-state index is 1.11. The zero-order valence-electron chi connectivity index (χ0n) is 28.2. The molecule has 0 atom stereocenters. The van der Waals surface area contributed by atoms with E-state index in [4.69, 9.17) is 0 Å². The standard InChI is InChI=1S/C50H35N/c1-3-12-40(13-4-1)49-34-29-41-14-9-10-18-48(41)50(49)42-27-32-47(33-28-42)51(45-16-5-2-6-17-45)46-30-25-38(26-31-46)37-19-21-39(22-20-37)44-24-23-36-11-7-8-15-43(36)35-44/h1-35H. The summed E-state index contributed by atoms with van der Waals surface area (Å²) >= 11 is 0. The first-order valence-corrected chi connectivity index (χ1v) is 17.5. The normalized spacial score (nSPS) is 11.1. The Kier molecular flexibility index (Phi) is 7.92. The molecule has 0 aliphatic carbocycles. The van der Waals surface area contributed by atoms with Gasteiger partial charge in [-0.15, -0.1) is 0 Å². The first-order valence-electron chi connectivity index (χ1n) is 17.5. The molecule has 0 unspecified atom stereocenters. The van der Waals surface area contributed by atoms with Gasteiger partial charge in [0.25, 0.3) is 0 Å². The van der Waals surface area contributed by atoms with Gasteiger partial charge < -0.3 is 4.90 Å². The number of fused-ring (bicyclic) bond motifs is 2. The Morgan fingerprint density at radius 3 is 1.37 bits per heavy atom. The van der Waals surface area contributed by atoms with Crippen molar-refractivity contribution in [2.45, 2.75) is 0 Å². The van der Waals surface area contributed by atoms with Crippen molar-refractivity contribution < 1.29 is 0 Å². The van der Waals surface area contributed by atoms with E-state index in [9.17, 15) is 0 Å². The molecule has 0 amide bonds. The van der Waals surface area contributed by atoms with Crippen LogP contribution in [0, 0.1) is 0 Å². The van der Waals surface area contributed by atoms with Crippen LogP contribution in [-0.2, 0) is 0 Å². The maximum Gasteiger partial charge on any atom is 0.0462 e. The minimum Gasteiger partial charge on any atom is -0.311 e. The molecule has 9 rings (SSSR count). The lowest BCUT2D eigenvalue weighted by Gasteiger charge is -2.26. The maximum atomic E-state index is 2.33. The molecule has 1 nitrogen and oxygen atoms in total. The van der Waals surface area contributed by atoms with Crippen molar-refractivity contribution in [1.29, 1.82) is 0 Å². The molecule has 0 bridgehead atoms. The summed E-state index contributed by atoms with van der Waals surface area (Å²) in [6.07, 6.45) is 0. The van der Waals surface area contributed by atoms with Gasteiger partial charge in [-0.05, 0) is 109 Å². The molecule has 0 aliphatic rings. The molecule has 0 fully saturated rings. The molecule has 9 aromatic carbocycles. The number of hydrogen-bond acceptors (Lipinski definition) is 1. The summed E-state index contributed by atoms with van der Waals surface area (Å²) in [5, 5.41) is 5.02. The van der Waals surface area contributed by atoms with Crippen LogP contribution in [0.3, 0.4) is 0 Å². The molecular formula is C50H35N. The number of benzene rings is 9. The number of hydrogen-bond donors (Lipinski definition) is 0. The van der Waals surface area contributed by atoms with E-state index in [1.807, 2.05) is 0 Å². The van der Waals surface area contributed by atoms with Gasteiger partial charge >= 0.3 is 0 Å². The van der Waals surface area contributed by atoms with Gasteiger partial charge in [0.05, 0.1) is 0 Å². The van der Waals surface area contributed by atoms with E-state index in [0.29, 0.717) is 0 Å². The first-order chi connectivity index (χ1) is 25.3. The maximum absolute atomic E-state index is 2.33. The van der Waals surface area contributed by atoms with Crippen LogP contribution in [0.4, 0.5) is 17.1 Å². The van der Waals surface area contributed by atoms with Crippen molar-refractivity contribution >= 4 is 38.6 Å². The molecule has 0 aromatic heterocycles. The Balaban J connectivity index is 1.05. The topological polar surface area (TPSA) is 3.24 Å². The van der Waals surface area contributed by atoms with E-state index in [1.165, 1.54) is 66.1 Å². The Labute approximate surface area is 299 Å². The number of rotatable bonds is 7. The third-order valence-corrected chi connectivity index (χ3v) is 9.87. The summed E-state index contributed by atoms with van der Waals surface area (Å²) in [6.45, 7) is 0. The number of nitrogens with zero attached hydrogens (tertiary/aromatic N) is 1. The highest BCUT2D eigenvalue weighted by molar-refractivity contribution is 6.04. The van der Waals surface area contributed by atoms with Crippen molar-refractivity contribution in [3.63, 3.8) is 0 Å². The van der Waals surface area contributed by atoms with Crippen LogP contribution in [0.1, 0.15) is 0 Å². The van der Waals surface area contributed by atoms with E-state index in [2.05, 4.69) is 217 Å². The van der Waals surface area contributed by atoms with Gasteiger partial charge in [0.1, 0.15) is 0 Å². The smallest absolute Gasteiger partial charge is 0.0462 e. The van der Waals surface area contributed by atoms with Crippen molar-refractivity contribution in [1.82, 2.24) is 0 Å². The lowest BCUT2D eigenvalue weighted by atomic mass is 9.89. The van der Waals surface area contributed by atoms with E-state index in [-0.39, 0.29) is 0 Å². The molecular weight excluding hydrogens is 615 g/mol. The van der Waals surface area contributed by atoms with E-state index in [1.54, 1.807) is 0 Å². The lowest BCUT2D eigenvalue weighted by Crippen LogP contribution is -2.09. The molecule has 0 saturated heterocycles. The highest BCUT2D eigenvalue weighted by Gasteiger charge is 2.16. The van der Waals surface area contributed by atoms with Gasteiger partial charge in [-0.1, -0.05) is 170 Å². The Bertz CT molecular complexity index is 2590.